The van der Waals surface area contributed by atoms with Crippen LogP contribution in [0.4, 0.5) is 41.9 Å². The lowest BCUT2D eigenvalue weighted by Gasteiger charge is -2.22. The summed E-state index contributed by atoms with van der Waals surface area (Å²) in [4.78, 5) is 150. The van der Waals surface area contributed by atoms with Crippen LogP contribution in [0.3, 0.4) is 0 Å². The number of methoxy groups -OCH3 is 4. The van der Waals surface area contributed by atoms with Crippen LogP contribution >= 0.6 is 0 Å². The largest absolute Gasteiger partial charge is 0.496 e. The second-order valence-electron chi connectivity index (χ2n) is 25.7. The molecule has 578 valence electrons. The Morgan fingerprint density at radius 2 is 0.624 bits per heavy atom. The summed E-state index contributed by atoms with van der Waals surface area (Å²) in [5, 5.41) is 27.3. The fourth-order valence-corrected chi connectivity index (χ4v) is 10.8. The smallest absolute Gasteiger partial charge is 0.412 e. The van der Waals surface area contributed by atoms with Crippen LogP contribution in [-0.4, -0.2) is 138 Å². The number of anilines is 4. The highest BCUT2D eigenvalue weighted by Gasteiger charge is 2.30. The second kappa shape index (κ2) is 42.9. The summed E-state index contributed by atoms with van der Waals surface area (Å²) in [5.74, 6) is -5.14. The minimum Gasteiger partial charge on any atom is -0.496 e. The number of hydrogen-bond donors (Lipinski definition) is 11. The van der Waals surface area contributed by atoms with Gasteiger partial charge in [-0.25, -0.2) is 19.2 Å². The SMILES string of the molecule is COc1ccc(NC(=O)[C@H](CCCCNC(=O)OCc2ccccc2)NC(=O)c2cc(NC(=O)[C@H](CCCCNC(=O)OCc3ccccc3)NC(=O)c3cc(NC(=O)[C@H](CCCCNC(=O)OCc4ccccc4)NC(=O)c4cc(NC(=O)OC(C)(C)C)ccc4OC)ccc3OC)ccc2OC)cc1C(N)=O. The fourth-order valence-electron chi connectivity index (χ4n) is 10.8. The zero-order chi connectivity index (χ0) is 78.7. The first-order valence-corrected chi connectivity index (χ1v) is 35.1. The van der Waals surface area contributed by atoms with Gasteiger partial charge in [-0.15, -0.1) is 0 Å². The lowest BCUT2D eigenvalue weighted by atomic mass is 10.1. The maximum absolute atomic E-state index is 14.8. The average molecular weight is 1500 g/mol. The fraction of sp³-hybridized carbons (Fsp3) is 0.329. The van der Waals surface area contributed by atoms with E-state index in [-0.39, 0.29) is 146 Å². The third kappa shape index (κ3) is 28.2. The third-order valence-electron chi connectivity index (χ3n) is 16.3. The Hall–Kier alpha value is -12.9. The van der Waals surface area contributed by atoms with Crippen molar-refractivity contribution < 1.29 is 90.6 Å². The van der Waals surface area contributed by atoms with Crippen molar-refractivity contribution in [2.75, 3.05) is 69.3 Å². The number of amides is 11. The van der Waals surface area contributed by atoms with Gasteiger partial charge in [0.25, 0.3) is 23.6 Å². The van der Waals surface area contributed by atoms with Crippen LogP contribution in [0.2, 0.25) is 0 Å². The monoisotopic (exact) mass is 1500 g/mol. The van der Waals surface area contributed by atoms with Gasteiger partial charge in [-0.2, -0.15) is 0 Å². The molecule has 7 aromatic carbocycles. The predicted octanol–water partition coefficient (Wildman–Crippen LogP) is 10.7. The summed E-state index contributed by atoms with van der Waals surface area (Å²) in [6, 6.07) is 40.3. The molecular formula is C79H93N11O19. The number of primary amides is 1. The van der Waals surface area contributed by atoms with Crippen molar-refractivity contribution in [1.29, 1.82) is 0 Å². The van der Waals surface area contributed by atoms with Crippen LogP contribution < -0.4 is 77.8 Å². The third-order valence-corrected chi connectivity index (χ3v) is 16.3. The van der Waals surface area contributed by atoms with Crippen molar-refractivity contribution in [2.24, 2.45) is 5.73 Å². The number of nitrogens with two attached hydrogens (primary N) is 1. The van der Waals surface area contributed by atoms with Crippen LogP contribution in [-0.2, 0) is 53.2 Å². The minimum absolute atomic E-state index is 0.0163. The van der Waals surface area contributed by atoms with Gasteiger partial charge in [-0.1, -0.05) is 91.0 Å². The molecule has 0 aliphatic heterocycles. The highest BCUT2D eigenvalue weighted by atomic mass is 16.6. The summed E-state index contributed by atoms with van der Waals surface area (Å²) in [5.41, 5.74) is 7.21. The van der Waals surface area contributed by atoms with Crippen LogP contribution in [0.15, 0.2) is 164 Å². The summed E-state index contributed by atoms with van der Waals surface area (Å²) in [7, 11) is 5.31. The number of hydrogen-bond acceptors (Lipinski definition) is 19. The molecule has 0 radical (unpaired) electrons. The lowest BCUT2D eigenvalue weighted by Crippen LogP contribution is -2.44. The van der Waals surface area contributed by atoms with E-state index in [1.54, 1.807) is 32.9 Å². The molecule has 7 aromatic rings. The van der Waals surface area contributed by atoms with E-state index in [4.69, 9.17) is 43.6 Å². The van der Waals surface area contributed by atoms with E-state index in [2.05, 4.69) is 53.2 Å². The number of nitrogens with one attached hydrogen (secondary N) is 10. The summed E-state index contributed by atoms with van der Waals surface area (Å²) < 4.78 is 43.4. The van der Waals surface area contributed by atoms with Gasteiger partial charge in [0.2, 0.25) is 17.7 Å². The minimum atomic E-state index is -1.35. The maximum atomic E-state index is 14.8. The molecule has 30 heteroatoms. The molecule has 0 aliphatic carbocycles. The van der Waals surface area contributed by atoms with Crippen LogP contribution in [0.5, 0.6) is 23.0 Å². The zero-order valence-electron chi connectivity index (χ0n) is 61.8. The molecule has 30 nitrogen and oxygen atoms in total. The van der Waals surface area contributed by atoms with Crippen LogP contribution in [0, 0.1) is 0 Å². The summed E-state index contributed by atoms with van der Waals surface area (Å²) in [6.45, 7) is 5.60. The molecular weight excluding hydrogens is 1410 g/mol. The van der Waals surface area contributed by atoms with Crippen molar-refractivity contribution >= 4 is 88.5 Å². The van der Waals surface area contributed by atoms with Crippen molar-refractivity contribution in [3.05, 3.63) is 203 Å². The quantitative estimate of drug-likeness (QED) is 0.0126. The molecule has 0 fully saturated rings. The number of unbranched alkanes of at least 4 members (excludes halogenated alkanes) is 3. The number of carbonyl (C=O) groups is 11. The van der Waals surface area contributed by atoms with Gasteiger partial charge in [0.1, 0.15) is 66.5 Å². The van der Waals surface area contributed by atoms with Crippen LogP contribution in [0.25, 0.3) is 0 Å². The van der Waals surface area contributed by atoms with Crippen molar-refractivity contribution in [1.82, 2.24) is 31.9 Å². The number of ether oxygens (including phenoxy) is 8. The number of rotatable bonds is 39. The number of carbonyl (C=O) groups excluding carboxylic acids is 11. The molecule has 109 heavy (non-hydrogen) atoms. The molecule has 0 aliphatic rings. The molecule has 0 bridgehead atoms. The summed E-state index contributed by atoms with van der Waals surface area (Å²) in [6.07, 6.45) is -0.998. The lowest BCUT2D eigenvalue weighted by molar-refractivity contribution is -0.118. The Morgan fingerprint density at radius 1 is 0.349 bits per heavy atom. The normalized spacial score (nSPS) is 11.6. The first-order chi connectivity index (χ1) is 52.4. The predicted molar refractivity (Wildman–Crippen MR) is 405 cm³/mol. The van der Waals surface area contributed by atoms with Gasteiger partial charge < -0.3 is 91.5 Å². The molecule has 0 spiro atoms. The standard InChI is InChI=1S/C79H93N11O19/c1-79(2,3)109-78(101)87-56-35-39-67(105-7)60(46-56)71(94)90-63(31-19-22-42-83-77(100)108-49-52-27-15-10-16-28-52)74(97)86-55-34-38-66(104-6)59(45-55)70(93)89-62(30-18-21-41-82-76(99)107-48-51-25-13-9-14-26-51)73(96)85-54-33-37-65(103-5)58(44-54)69(92)88-61(72(95)84-53-32-36-64(102-4)57(43-53)68(80)91)29-17-20-40-81-75(98)106-47-50-23-11-8-12-24-50/h8-16,23-28,32-39,43-46,61-63H,17-22,29-31,40-42,47-49H2,1-7H3,(H2,80,91)(H,81,98)(H,82,99)(H,83,100)(H,84,95)(H,85,96)(H,86,97)(H,87,101)(H,88,92)(H,89,93)(H,90,94)/t61-,62-,63-/m0/s1. The number of benzene rings is 7. The summed E-state index contributed by atoms with van der Waals surface area (Å²) >= 11 is 0. The Bertz CT molecular complexity index is 4260. The number of alkyl carbamates (subject to hydrolysis) is 3. The van der Waals surface area contributed by atoms with Crippen molar-refractivity contribution in [3.63, 3.8) is 0 Å². The first kappa shape index (κ1) is 83.4. The molecule has 0 heterocycles. The van der Waals surface area contributed by atoms with Gasteiger partial charge in [-0.3, -0.25) is 38.9 Å². The molecule has 12 N–H and O–H groups in total. The Kier molecular flexibility index (Phi) is 32.8. The molecule has 0 aromatic heterocycles. The molecule has 0 saturated heterocycles. The van der Waals surface area contributed by atoms with E-state index in [0.29, 0.717) is 19.3 Å². The van der Waals surface area contributed by atoms with Gasteiger partial charge in [0, 0.05) is 42.4 Å². The van der Waals surface area contributed by atoms with E-state index in [0.717, 1.165) is 16.7 Å². The highest BCUT2D eigenvalue weighted by Crippen LogP contribution is 2.29. The van der Waals surface area contributed by atoms with Gasteiger partial charge in [0.15, 0.2) is 0 Å². The molecule has 0 unspecified atom stereocenters. The van der Waals surface area contributed by atoms with Gasteiger partial charge >= 0.3 is 24.4 Å². The topological polar surface area (TPSA) is 408 Å². The molecule has 0 saturated carbocycles. The molecule has 7 rings (SSSR count). The van der Waals surface area contributed by atoms with Gasteiger partial charge in [0.05, 0.1) is 50.7 Å². The van der Waals surface area contributed by atoms with Crippen molar-refractivity contribution in [3.8, 4) is 23.0 Å². The van der Waals surface area contributed by atoms with E-state index < -0.39 is 89.4 Å². The van der Waals surface area contributed by atoms with E-state index >= 15 is 0 Å². The van der Waals surface area contributed by atoms with Gasteiger partial charge in [-0.05, 0) is 168 Å². The Balaban J connectivity index is 1.10. The first-order valence-electron chi connectivity index (χ1n) is 35.1. The van der Waals surface area contributed by atoms with Crippen molar-refractivity contribution in [2.45, 2.75) is 122 Å². The zero-order valence-corrected chi connectivity index (χ0v) is 61.8. The molecule has 3 atom stereocenters. The van der Waals surface area contributed by atoms with Crippen LogP contribution in [0.1, 0.15) is 137 Å². The Morgan fingerprint density at radius 3 is 0.899 bits per heavy atom. The van der Waals surface area contributed by atoms with E-state index in [9.17, 15) is 52.7 Å². The van der Waals surface area contributed by atoms with E-state index in [1.807, 2.05) is 78.9 Å². The second-order valence-corrected chi connectivity index (χ2v) is 25.7. The average Bonchev–Trinajstić information content (AvgIpc) is 0.833. The maximum Gasteiger partial charge on any atom is 0.412 e. The highest BCUT2D eigenvalue weighted by molar-refractivity contribution is 6.07. The molecule has 11 amide bonds. The van der Waals surface area contributed by atoms with E-state index in [1.165, 1.54) is 101 Å². The Labute approximate surface area is 631 Å².